The highest BCUT2D eigenvalue weighted by atomic mass is 16.2. The molecule has 0 saturated carbocycles. The third-order valence-corrected chi connectivity index (χ3v) is 4.40. The number of carbonyl (C=O) groups is 1. The van der Waals surface area contributed by atoms with E-state index in [2.05, 4.69) is 41.4 Å². The summed E-state index contributed by atoms with van der Waals surface area (Å²) in [5, 5.41) is 3.08. The van der Waals surface area contributed by atoms with E-state index in [1.807, 2.05) is 4.90 Å². The highest BCUT2D eigenvalue weighted by Gasteiger charge is 2.24. The lowest BCUT2D eigenvalue weighted by molar-refractivity contribution is 0.208. The minimum Gasteiger partial charge on any atom is -0.366 e. The summed E-state index contributed by atoms with van der Waals surface area (Å²) in [6.07, 6.45) is 3.39. The average molecular weight is 273 g/mol. The van der Waals surface area contributed by atoms with Crippen LogP contribution in [0, 0.1) is 0 Å². The Hall–Kier alpha value is -1.71. The molecule has 0 aromatic heterocycles. The first kappa shape index (κ1) is 13.3. The molecule has 1 fully saturated rings. The molecule has 2 amide bonds. The summed E-state index contributed by atoms with van der Waals surface area (Å²) in [7, 11) is 0. The predicted molar refractivity (Wildman–Crippen MR) is 81.2 cm³/mol. The molecular formula is C16H23N3O. The molecule has 0 aliphatic carbocycles. The fraction of sp³-hybridized carbons (Fsp3) is 0.562. The summed E-state index contributed by atoms with van der Waals surface area (Å²) in [5.41, 5.74) is 2.75. The number of benzene rings is 1. The van der Waals surface area contributed by atoms with Crippen LogP contribution in [0.15, 0.2) is 24.3 Å². The van der Waals surface area contributed by atoms with Crippen molar-refractivity contribution in [1.29, 1.82) is 0 Å². The van der Waals surface area contributed by atoms with Gasteiger partial charge in [0.2, 0.25) is 0 Å². The van der Waals surface area contributed by atoms with Gasteiger partial charge < -0.3 is 15.1 Å². The van der Waals surface area contributed by atoms with Gasteiger partial charge in [0.15, 0.2) is 0 Å². The minimum atomic E-state index is 0.0989. The van der Waals surface area contributed by atoms with E-state index in [-0.39, 0.29) is 6.03 Å². The highest BCUT2D eigenvalue weighted by molar-refractivity contribution is 5.74. The second-order valence-electron chi connectivity index (χ2n) is 5.80. The summed E-state index contributed by atoms with van der Waals surface area (Å²) >= 11 is 0. The van der Waals surface area contributed by atoms with E-state index >= 15 is 0 Å². The lowest BCUT2D eigenvalue weighted by atomic mass is 10.2. The van der Waals surface area contributed by atoms with Crippen molar-refractivity contribution in [2.24, 2.45) is 0 Å². The van der Waals surface area contributed by atoms with E-state index in [1.54, 1.807) is 0 Å². The quantitative estimate of drug-likeness (QED) is 0.917. The topological polar surface area (TPSA) is 35.6 Å². The van der Waals surface area contributed by atoms with Gasteiger partial charge in [-0.15, -0.1) is 0 Å². The van der Waals surface area contributed by atoms with Crippen molar-refractivity contribution in [3.05, 3.63) is 29.8 Å². The van der Waals surface area contributed by atoms with Gasteiger partial charge in [0.1, 0.15) is 0 Å². The van der Waals surface area contributed by atoms with Crippen LogP contribution >= 0.6 is 0 Å². The molecule has 2 aliphatic heterocycles. The van der Waals surface area contributed by atoms with Gasteiger partial charge in [-0.3, -0.25) is 0 Å². The number of hydrogen-bond acceptors (Lipinski definition) is 2. The Labute approximate surface area is 120 Å². The van der Waals surface area contributed by atoms with Crippen LogP contribution < -0.4 is 10.2 Å². The standard InChI is InChI=1S/C16H23N3O/c1-13(12-17-16(20)18-9-4-5-10-18)19-11-8-14-6-2-3-7-15(14)19/h2-3,6-7,13H,4-5,8-12H2,1H3,(H,17,20). The average Bonchev–Trinajstić information content (AvgIpc) is 3.13. The van der Waals surface area contributed by atoms with Gasteiger partial charge in [-0.05, 0) is 37.8 Å². The zero-order chi connectivity index (χ0) is 13.9. The molecule has 3 rings (SSSR count). The molecule has 1 aromatic rings. The van der Waals surface area contributed by atoms with E-state index in [0.29, 0.717) is 12.6 Å². The second-order valence-corrected chi connectivity index (χ2v) is 5.80. The van der Waals surface area contributed by atoms with E-state index in [0.717, 1.165) is 38.9 Å². The molecule has 0 bridgehead atoms. The number of fused-ring (bicyclic) bond motifs is 1. The normalized spacial score (nSPS) is 19.1. The number of para-hydroxylation sites is 1. The van der Waals surface area contributed by atoms with Crippen molar-refractivity contribution in [2.75, 3.05) is 31.1 Å². The molecule has 1 saturated heterocycles. The zero-order valence-electron chi connectivity index (χ0n) is 12.1. The van der Waals surface area contributed by atoms with Crippen LogP contribution in [-0.4, -0.2) is 43.2 Å². The van der Waals surface area contributed by atoms with Crippen LogP contribution in [0.5, 0.6) is 0 Å². The number of rotatable bonds is 3. The van der Waals surface area contributed by atoms with Crippen molar-refractivity contribution in [1.82, 2.24) is 10.2 Å². The Bertz CT molecular complexity index is 482. The molecule has 1 atom stereocenters. The Morgan fingerprint density at radius 1 is 1.25 bits per heavy atom. The third kappa shape index (κ3) is 2.60. The van der Waals surface area contributed by atoms with Crippen LogP contribution in [0.2, 0.25) is 0 Å². The SMILES string of the molecule is CC(CNC(=O)N1CCCC1)N1CCc2ccccc21. The van der Waals surface area contributed by atoms with Crippen molar-refractivity contribution in [3.8, 4) is 0 Å². The molecular weight excluding hydrogens is 250 g/mol. The summed E-state index contributed by atoms with van der Waals surface area (Å²) < 4.78 is 0. The smallest absolute Gasteiger partial charge is 0.317 e. The summed E-state index contributed by atoms with van der Waals surface area (Å²) in [4.78, 5) is 16.3. The number of hydrogen-bond donors (Lipinski definition) is 1. The molecule has 2 heterocycles. The Morgan fingerprint density at radius 2 is 2.00 bits per heavy atom. The molecule has 108 valence electrons. The third-order valence-electron chi connectivity index (χ3n) is 4.40. The van der Waals surface area contributed by atoms with Crippen molar-refractivity contribution in [3.63, 3.8) is 0 Å². The summed E-state index contributed by atoms with van der Waals surface area (Å²) in [6, 6.07) is 9.01. The fourth-order valence-electron chi connectivity index (χ4n) is 3.20. The van der Waals surface area contributed by atoms with Gasteiger partial charge in [0, 0.05) is 37.9 Å². The molecule has 4 nitrogen and oxygen atoms in total. The molecule has 20 heavy (non-hydrogen) atoms. The first-order valence-electron chi connectivity index (χ1n) is 7.63. The Kier molecular flexibility index (Phi) is 3.81. The first-order chi connectivity index (χ1) is 9.75. The van der Waals surface area contributed by atoms with Crippen LogP contribution in [0.3, 0.4) is 0 Å². The Morgan fingerprint density at radius 3 is 2.80 bits per heavy atom. The summed E-state index contributed by atoms with van der Waals surface area (Å²) in [6.45, 7) is 5.77. The van der Waals surface area contributed by atoms with Crippen molar-refractivity contribution < 1.29 is 4.79 Å². The molecule has 2 aliphatic rings. The van der Waals surface area contributed by atoms with E-state index in [9.17, 15) is 4.79 Å². The number of amides is 2. The fourth-order valence-corrected chi connectivity index (χ4v) is 3.20. The second kappa shape index (κ2) is 5.73. The maximum absolute atomic E-state index is 12.0. The number of nitrogens with zero attached hydrogens (tertiary/aromatic N) is 2. The minimum absolute atomic E-state index is 0.0989. The molecule has 4 heteroatoms. The van der Waals surface area contributed by atoms with E-state index in [1.165, 1.54) is 11.3 Å². The highest BCUT2D eigenvalue weighted by Crippen LogP contribution is 2.28. The van der Waals surface area contributed by atoms with Gasteiger partial charge in [-0.2, -0.15) is 0 Å². The largest absolute Gasteiger partial charge is 0.366 e. The number of urea groups is 1. The van der Waals surface area contributed by atoms with Crippen LogP contribution in [0.4, 0.5) is 10.5 Å². The lowest BCUT2D eigenvalue weighted by Gasteiger charge is -2.28. The van der Waals surface area contributed by atoms with Crippen molar-refractivity contribution >= 4 is 11.7 Å². The number of likely N-dealkylation sites (tertiary alicyclic amines) is 1. The first-order valence-corrected chi connectivity index (χ1v) is 7.63. The van der Waals surface area contributed by atoms with Crippen LogP contribution in [0.1, 0.15) is 25.3 Å². The Balaban J connectivity index is 1.55. The maximum Gasteiger partial charge on any atom is 0.317 e. The van der Waals surface area contributed by atoms with Gasteiger partial charge >= 0.3 is 6.03 Å². The number of nitrogens with one attached hydrogen (secondary N) is 1. The monoisotopic (exact) mass is 273 g/mol. The zero-order valence-corrected chi connectivity index (χ0v) is 12.1. The van der Waals surface area contributed by atoms with Gasteiger partial charge in [0.25, 0.3) is 0 Å². The molecule has 1 N–H and O–H groups in total. The maximum atomic E-state index is 12.0. The van der Waals surface area contributed by atoms with E-state index in [4.69, 9.17) is 0 Å². The summed E-state index contributed by atoms with van der Waals surface area (Å²) in [5.74, 6) is 0. The van der Waals surface area contributed by atoms with Gasteiger partial charge in [0.05, 0.1) is 0 Å². The van der Waals surface area contributed by atoms with E-state index < -0.39 is 0 Å². The number of carbonyl (C=O) groups excluding carboxylic acids is 1. The van der Waals surface area contributed by atoms with Crippen molar-refractivity contribution in [2.45, 2.75) is 32.2 Å². The van der Waals surface area contributed by atoms with Crippen LogP contribution in [-0.2, 0) is 6.42 Å². The molecule has 1 unspecified atom stereocenters. The van der Waals surface area contributed by atoms with Gasteiger partial charge in [-0.25, -0.2) is 4.79 Å². The lowest BCUT2D eigenvalue weighted by Crippen LogP contribution is -2.45. The molecule has 1 aromatic carbocycles. The predicted octanol–water partition coefficient (Wildman–Crippen LogP) is 2.24. The number of anilines is 1. The van der Waals surface area contributed by atoms with Gasteiger partial charge in [-0.1, -0.05) is 18.2 Å². The van der Waals surface area contributed by atoms with Crippen LogP contribution in [0.25, 0.3) is 0 Å². The molecule has 0 spiro atoms. The molecule has 0 radical (unpaired) electrons.